The molecule has 0 atom stereocenters. The van der Waals surface area contributed by atoms with Crippen molar-refractivity contribution >= 4 is 50.3 Å². The molecule has 0 aliphatic rings. The number of ether oxygens (including phenoxy) is 2. The van der Waals surface area contributed by atoms with E-state index in [2.05, 4.69) is 15.6 Å². The average Bonchev–Trinajstić information content (AvgIpc) is 3.30. The Hall–Kier alpha value is -3.17. The Kier molecular flexibility index (Phi) is 6.29. The second-order valence-electron chi connectivity index (χ2n) is 7.18. The lowest BCUT2D eigenvalue weighted by Crippen LogP contribution is -2.20. The number of urea groups is 1. The van der Waals surface area contributed by atoms with E-state index in [-0.39, 0.29) is 18.0 Å². The molecule has 0 saturated carbocycles. The van der Waals surface area contributed by atoms with E-state index in [1.165, 1.54) is 30.6 Å². The summed E-state index contributed by atoms with van der Waals surface area (Å²) in [5, 5.41) is 8.12. The summed E-state index contributed by atoms with van der Waals surface area (Å²) in [6, 6.07) is 7.98. The first-order valence-electron chi connectivity index (χ1n) is 9.83. The molecule has 0 radical (unpaired) electrons. The summed E-state index contributed by atoms with van der Waals surface area (Å²) in [6.45, 7) is 6.08. The first kappa shape index (κ1) is 22.0. The molecule has 0 fully saturated rings. The molecule has 0 spiro atoms. The van der Waals surface area contributed by atoms with Gasteiger partial charge in [0.25, 0.3) is 0 Å². The number of hydrogen-bond acceptors (Lipinski definition) is 6. The third-order valence-corrected chi connectivity index (χ3v) is 6.98. The topological polar surface area (TPSA) is 72.5 Å². The number of fused-ring (bicyclic) bond motifs is 1. The van der Waals surface area contributed by atoms with Crippen LogP contribution in [0.3, 0.4) is 0 Å². The third kappa shape index (κ3) is 4.53. The van der Waals surface area contributed by atoms with Crippen LogP contribution in [0.1, 0.15) is 21.0 Å². The van der Waals surface area contributed by atoms with E-state index in [9.17, 15) is 9.18 Å². The molecule has 2 amide bonds. The molecule has 32 heavy (non-hydrogen) atoms. The van der Waals surface area contributed by atoms with Crippen molar-refractivity contribution in [3.63, 3.8) is 0 Å². The standard InChI is InChI=1S/C23H22FN3O3S2/c1-12-13(2)31-11-18(12)27-23(28)26-17-9-20(19(29-4)8-16(17)24)30-10-15-6-5-7-21-22(15)25-14(3)32-21/h5-9,11H,10H2,1-4H3,(H2,26,27,28). The van der Waals surface area contributed by atoms with Crippen molar-refractivity contribution < 1.29 is 18.7 Å². The second kappa shape index (κ2) is 9.13. The van der Waals surface area contributed by atoms with Gasteiger partial charge in [0.2, 0.25) is 0 Å². The smallest absolute Gasteiger partial charge is 0.323 e. The molecule has 2 aromatic heterocycles. The number of para-hydroxylation sites is 1. The van der Waals surface area contributed by atoms with Gasteiger partial charge in [-0.2, -0.15) is 0 Å². The lowest BCUT2D eigenvalue weighted by molar-refractivity contribution is 0.262. The highest BCUT2D eigenvalue weighted by atomic mass is 32.1. The number of carbonyl (C=O) groups is 1. The predicted octanol–water partition coefficient (Wildman–Crippen LogP) is 6.65. The fraction of sp³-hybridized carbons (Fsp3) is 0.217. The molecule has 166 valence electrons. The monoisotopic (exact) mass is 471 g/mol. The Morgan fingerprint density at radius 2 is 1.91 bits per heavy atom. The Bertz CT molecular complexity index is 1300. The number of nitrogens with one attached hydrogen (secondary N) is 2. The molecule has 9 heteroatoms. The number of thiophene rings is 1. The number of aromatic nitrogens is 1. The minimum atomic E-state index is -0.625. The number of rotatable bonds is 6. The van der Waals surface area contributed by atoms with Crippen molar-refractivity contribution in [2.75, 3.05) is 17.7 Å². The number of amides is 2. The number of benzene rings is 2. The van der Waals surface area contributed by atoms with Gasteiger partial charge in [-0.25, -0.2) is 14.2 Å². The number of hydrogen-bond donors (Lipinski definition) is 2. The zero-order valence-electron chi connectivity index (χ0n) is 18.0. The number of thiazole rings is 1. The van der Waals surface area contributed by atoms with Crippen LogP contribution in [0.5, 0.6) is 11.5 Å². The van der Waals surface area contributed by atoms with E-state index >= 15 is 0 Å². The molecule has 0 saturated heterocycles. The van der Waals surface area contributed by atoms with E-state index in [0.29, 0.717) is 11.4 Å². The van der Waals surface area contributed by atoms with Gasteiger partial charge in [-0.15, -0.1) is 22.7 Å². The highest BCUT2D eigenvalue weighted by Gasteiger charge is 2.16. The van der Waals surface area contributed by atoms with Crippen molar-refractivity contribution in [1.29, 1.82) is 0 Å². The van der Waals surface area contributed by atoms with E-state index in [1.54, 1.807) is 11.3 Å². The molecule has 0 aliphatic carbocycles. The van der Waals surface area contributed by atoms with Crippen molar-refractivity contribution in [1.82, 2.24) is 4.98 Å². The summed E-state index contributed by atoms with van der Waals surface area (Å²) < 4.78 is 26.9. The van der Waals surface area contributed by atoms with Crippen LogP contribution in [0, 0.1) is 26.6 Å². The number of halogens is 1. The molecule has 6 nitrogen and oxygen atoms in total. The molecule has 2 N–H and O–H groups in total. The molecular weight excluding hydrogens is 449 g/mol. The first-order chi connectivity index (χ1) is 15.4. The van der Waals surface area contributed by atoms with E-state index in [4.69, 9.17) is 9.47 Å². The average molecular weight is 472 g/mol. The van der Waals surface area contributed by atoms with Gasteiger partial charge in [0.1, 0.15) is 6.61 Å². The van der Waals surface area contributed by atoms with Crippen molar-refractivity contribution in [2.45, 2.75) is 27.4 Å². The van der Waals surface area contributed by atoms with Crippen LogP contribution in [0.25, 0.3) is 10.2 Å². The zero-order chi connectivity index (χ0) is 22.8. The highest BCUT2D eigenvalue weighted by molar-refractivity contribution is 7.18. The van der Waals surface area contributed by atoms with Crippen LogP contribution >= 0.6 is 22.7 Å². The summed E-state index contributed by atoms with van der Waals surface area (Å²) in [5.74, 6) is -0.0742. The highest BCUT2D eigenvalue weighted by Crippen LogP contribution is 2.34. The minimum Gasteiger partial charge on any atom is -0.493 e. The van der Waals surface area contributed by atoms with Gasteiger partial charge >= 0.3 is 6.03 Å². The van der Waals surface area contributed by atoms with Crippen molar-refractivity contribution in [2.24, 2.45) is 0 Å². The van der Waals surface area contributed by atoms with Gasteiger partial charge < -0.3 is 20.1 Å². The number of nitrogens with zero attached hydrogens (tertiary/aromatic N) is 1. The normalized spacial score (nSPS) is 10.9. The second-order valence-corrected chi connectivity index (χ2v) is 9.50. The molecule has 0 bridgehead atoms. The summed E-state index contributed by atoms with van der Waals surface area (Å²) in [6.07, 6.45) is 0. The lowest BCUT2D eigenvalue weighted by Gasteiger charge is -2.14. The van der Waals surface area contributed by atoms with Gasteiger partial charge in [-0.3, -0.25) is 0 Å². The maximum atomic E-state index is 14.6. The first-order valence-corrected chi connectivity index (χ1v) is 11.5. The quantitative estimate of drug-likeness (QED) is 0.330. The fourth-order valence-corrected chi connectivity index (χ4v) is 4.90. The van der Waals surface area contributed by atoms with Crippen LogP contribution in [-0.2, 0) is 6.61 Å². The van der Waals surface area contributed by atoms with Crippen LogP contribution in [0.15, 0.2) is 35.7 Å². The predicted molar refractivity (Wildman–Crippen MR) is 128 cm³/mol. The summed E-state index contributed by atoms with van der Waals surface area (Å²) in [7, 11) is 1.44. The number of aryl methyl sites for hydroxylation is 2. The maximum Gasteiger partial charge on any atom is 0.323 e. The molecular formula is C23H22FN3O3S2. The van der Waals surface area contributed by atoms with Crippen LogP contribution < -0.4 is 20.1 Å². The van der Waals surface area contributed by atoms with Gasteiger partial charge in [0, 0.05) is 28.0 Å². The molecule has 0 unspecified atom stereocenters. The largest absolute Gasteiger partial charge is 0.493 e. The fourth-order valence-electron chi connectivity index (χ4n) is 3.20. The van der Waals surface area contributed by atoms with E-state index in [0.717, 1.165) is 31.2 Å². The van der Waals surface area contributed by atoms with Gasteiger partial charge in [-0.1, -0.05) is 12.1 Å². The van der Waals surface area contributed by atoms with Gasteiger partial charge in [-0.05, 0) is 32.4 Å². The molecule has 4 aromatic rings. The van der Waals surface area contributed by atoms with Crippen LogP contribution in [0.2, 0.25) is 0 Å². The number of anilines is 2. The zero-order valence-corrected chi connectivity index (χ0v) is 19.7. The SMILES string of the molecule is COc1cc(F)c(NC(=O)Nc2csc(C)c2C)cc1OCc1cccc2sc(C)nc12. The summed E-state index contributed by atoms with van der Waals surface area (Å²) in [5.41, 5.74) is 3.47. The Morgan fingerprint density at radius 3 is 2.62 bits per heavy atom. The van der Waals surface area contributed by atoms with Crippen LogP contribution in [-0.4, -0.2) is 18.1 Å². The summed E-state index contributed by atoms with van der Waals surface area (Å²) in [4.78, 5) is 18.1. The van der Waals surface area contributed by atoms with Gasteiger partial charge in [0.05, 0.1) is 33.7 Å². The minimum absolute atomic E-state index is 0.00869. The van der Waals surface area contributed by atoms with Crippen molar-refractivity contribution in [3.05, 3.63) is 62.5 Å². The molecule has 2 aromatic carbocycles. The Balaban J connectivity index is 1.53. The van der Waals surface area contributed by atoms with Gasteiger partial charge in [0.15, 0.2) is 17.3 Å². The number of methoxy groups -OCH3 is 1. The molecule has 4 rings (SSSR count). The van der Waals surface area contributed by atoms with Crippen LogP contribution in [0.4, 0.5) is 20.6 Å². The van der Waals surface area contributed by atoms with Crippen molar-refractivity contribution in [3.8, 4) is 11.5 Å². The Labute approximate surface area is 193 Å². The number of carbonyl (C=O) groups excluding carboxylic acids is 1. The Morgan fingerprint density at radius 1 is 1.12 bits per heavy atom. The third-order valence-electron chi connectivity index (χ3n) is 5.03. The van der Waals surface area contributed by atoms with E-state index < -0.39 is 11.8 Å². The molecule has 0 aliphatic heterocycles. The maximum absolute atomic E-state index is 14.6. The summed E-state index contributed by atoms with van der Waals surface area (Å²) >= 11 is 3.15. The molecule has 2 heterocycles. The lowest BCUT2D eigenvalue weighted by atomic mass is 10.2. The van der Waals surface area contributed by atoms with E-state index in [1.807, 2.05) is 44.4 Å².